The van der Waals surface area contributed by atoms with Crippen LogP contribution >= 0.6 is 15.9 Å². The number of nitrogens with zero attached hydrogens (tertiary/aromatic N) is 2. The van der Waals surface area contributed by atoms with Crippen molar-refractivity contribution in [1.29, 1.82) is 0 Å². The van der Waals surface area contributed by atoms with Crippen molar-refractivity contribution in [3.05, 3.63) is 52.0 Å². The molecule has 1 radical (unpaired) electrons. The van der Waals surface area contributed by atoms with Crippen LogP contribution in [0.5, 0.6) is 0 Å². The predicted octanol–water partition coefficient (Wildman–Crippen LogP) is 4.88. The lowest BCUT2D eigenvalue weighted by atomic mass is 10.0. The SMILES string of the molecule is C[C](C)Cn1nc(NC(=O)C(C)c2cccc(Br)c2)cc1C1CC1. The fraction of sp³-hybridized carbons (Fsp3) is 0.421. The molecule has 4 nitrogen and oxygen atoms in total. The number of amides is 1. The number of carbonyl (C=O) groups excluding carboxylic acids is 1. The van der Waals surface area contributed by atoms with Gasteiger partial charge in [0.2, 0.25) is 5.91 Å². The van der Waals surface area contributed by atoms with Crippen molar-refractivity contribution in [3.8, 4) is 0 Å². The molecule has 0 saturated heterocycles. The summed E-state index contributed by atoms with van der Waals surface area (Å²) in [6, 6.07) is 9.89. The van der Waals surface area contributed by atoms with Crippen LogP contribution in [0.3, 0.4) is 0 Å². The first-order valence-electron chi connectivity index (χ1n) is 8.37. The van der Waals surface area contributed by atoms with Crippen LogP contribution in [-0.4, -0.2) is 15.7 Å². The Morgan fingerprint density at radius 2 is 2.12 bits per heavy atom. The zero-order chi connectivity index (χ0) is 17.3. The third-order valence-corrected chi connectivity index (χ3v) is 4.76. The Hall–Kier alpha value is -1.62. The van der Waals surface area contributed by atoms with Crippen molar-refractivity contribution in [2.75, 3.05) is 5.32 Å². The van der Waals surface area contributed by atoms with E-state index in [1.165, 1.54) is 24.5 Å². The minimum absolute atomic E-state index is 0.0303. The summed E-state index contributed by atoms with van der Waals surface area (Å²) in [4.78, 5) is 12.6. The number of anilines is 1. The molecule has 24 heavy (non-hydrogen) atoms. The van der Waals surface area contributed by atoms with Crippen LogP contribution in [0, 0.1) is 5.92 Å². The lowest BCUT2D eigenvalue weighted by Crippen LogP contribution is -2.19. The topological polar surface area (TPSA) is 46.9 Å². The van der Waals surface area contributed by atoms with Crippen molar-refractivity contribution in [2.45, 2.75) is 52.0 Å². The monoisotopic (exact) mass is 388 g/mol. The summed E-state index contributed by atoms with van der Waals surface area (Å²) in [5.41, 5.74) is 2.23. The number of benzene rings is 1. The Balaban J connectivity index is 1.74. The summed E-state index contributed by atoms with van der Waals surface area (Å²) in [6.07, 6.45) is 2.44. The first kappa shape index (κ1) is 17.2. The predicted molar refractivity (Wildman–Crippen MR) is 100.0 cm³/mol. The van der Waals surface area contributed by atoms with Gasteiger partial charge in [-0.3, -0.25) is 9.48 Å². The van der Waals surface area contributed by atoms with Gasteiger partial charge in [-0.25, -0.2) is 0 Å². The lowest BCUT2D eigenvalue weighted by molar-refractivity contribution is -0.117. The molecule has 1 amide bonds. The summed E-state index contributed by atoms with van der Waals surface area (Å²) in [7, 11) is 0. The highest BCUT2D eigenvalue weighted by molar-refractivity contribution is 9.10. The van der Waals surface area contributed by atoms with Crippen LogP contribution in [0.25, 0.3) is 0 Å². The molecule has 1 aliphatic carbocycles. The minimum atomic E-state index is -0.225. The van der Waals surface area contributed by atoms with Crippen molar-refractivity contribution >= 4 is 27.7 Å². The van der Waals surface area contributed by atoms with Gasteiger partial charge in [-0.2, -0.15) is 5.10 Å². The Bertz CT molecular complexity index is 734. The van der Waals surface area contributed by atoms with Crippen LogP contribution in [0.4, 0.5) is 5.82 Å². The van der Waals surface area contributed by atoms with Gasteiger partial charge in [0.15, 0.2) is 5.82 Å². The second-order valence-electron chi connectivity index (χ2n) is 6.86. The first-order valence-corrected chi connectivity index (χ1v) is 9.16. The van der Waals surface area contributed by atoms with Crippen molar-refractivity contribution in [2.24, 2.45) is 0 Å². The van der Waals surface area contributed by atoms with E-state index < -0.39 is 0 Å². The van der Waals surface area contributed by atoms with Crippen LogP contribution in [0.15, 0.2) is 34.8 Å². The highest BCUT2D eigenvalue weighted by Gasteiger charge is 2.29. The Labute approximate surface area is 151 Å². The molecule has 1 aromatic heterocycles. The van der Waals surface area contributed by atoms with Crippen molar-refractivity contribution in [1.82, 2.24) is 9.78 Å². The molecule has 1 aliphatic rings. The highest BCUT2D eigenvalue weighted by Crippen LogP contribution is 2.41. The number of halogens is 1. The van der Waals surface area contributed by atoms with E-state index in [2.05, 4.69) is 40.2 Å². The molecule has 0 aliphatic heterocycles. The van der Waals surface area contributed by atoms with E-state index in [0.717, 1.165) is 16.6 Å². The molecule has 0 spiro atoms. The average molecular weight is 389 g/mol. The molecule has 5 heteroatoms. The molecule has 1 fully saturated rings. The van der Waals surface area contributed by atoms with E-state index >= 15 is 0 Å². The zero-order valence-corrected chi connectivity index (χ0v) is 15.9. The lowest BCUT2D eigenvalue weighted by Gasteiger charge is -2.11. The fourth-order valence-electron chi connectivity index (χ4n) is 2.79. The van der Waals surface area contributed by atoms with Crippen LogP contribution in [0.2, 0.25) is 0 Å². The minimum Gasteiger partial charge on any atom is -0.309 e. The van der Waals surface area contributed by atoms with Crippen LogP contribution < -0.4 is 5.32 Å². The molecule has 1 atom stereocenters. The molecule has 2 aromatic rings. The van der Waals surface area contributed by atoms with Gasteiger partial charge in [0.25, 0.3) is 0 Å². The molecule has 1 N–H and O–H groups in total. The number of carbonyl (C=O) groups is 1. The second-order valence-corrected chi connectivity index (χ2v) is 7.78. The van der Waals surface area contributed by atoms with E-state index in [0.29, 0.717) is 11.7 Å². The van der Waals surface area contributed by atoms with Gasteiger partial charge >= 0.3 is 0 Å². The van der Waals surface area contributed by atoms with E-state index in [9.17, 15) is 4.79 Å². The van der Waals surface area contributed by atoms with E-state index in [1.54, 1.807) is 0 Å². The second kappa shape index (κ2) is 7.09. The summed E-state index contributed by atoms with van der Waals surface area (Å²) in [5.74, 6) is 2.31. The molecule has 1 unspecified atom stereocenters. The summed E-state index contributed by atoms with van der Waals surface area (Å²) in [6.45, 7) is 6.93. The van der Waals surface area contributed by atoms with Crippen molar-refractivity contribution < 1.29 is 4.79 Å². The largest absolute Gasteiger partial charge is 0.309 e. The van der Waals surface area contributed by atoms with Gasteiger partial charge in [0, 0.05) is 28.7 Å². The number of aromatic nitrogens is 2. The van der Waals surface area contributed by atoms with Crippen LogP contribution in [-0.2, 0) is 11.3 Å². The molecule has 0 bridgehead atoms. The summed E-state index contributed by atoms with van der Waals surface area (Å²) < 4.78 is 3.01. The molecule has 1 saturated carbocycles. The van der Waals surface area contributed by atoms with Gasteiger partial charge in [0.05, 0.1) is 5.92 Å². The third-order valence-electron chi connectivity index (χ3n) is 4.27. The van der Waals surface area contributed by atoms with Crippen molar-refractivity contribution in [3.63, 3.8) is 0 Å². The Kier molecular flexibility index (Phi) is 5.09. The first-order chi connectivity index (χ1) is 11.4. The van der Waals surface area contributed by atoms with E-state index in [4.69, 9.17) is 0 Å². The quantitative estimate of drug-likeness (QED) is 0.766. The van der Waals surface area contributed by atoms with Gasteiger partial charge in [-0.15, -0.1) is 0 Å². The smallest absolute Gasteiger partial charge is 0.232 e. The molecule has 3 rings (SSSR count). The standard InChI is InChI=1S/C19H23BrN3O/c1-12(2)11-23-17(14-7-8-14)10-18(22-23)21-19(24)13(3)15-5-4-6-16(20)9-15/h4-6,9-10,13-14H,7-8,11H2,1-3H3,(H,21,22,24). The number of rotatable bonds is 6. The average Bonchev–Trinajstić information content (AvgIpc) is 3.29. The molecule has 1 heterocycles. The van der Waals surface area contributed by atoms with E-state index in [-0.39, 0.29) is 11.8 Å². The number of nitrogens with one attached hydrogen (secondary N) is 1. The van der Waals surface area contributed by atoms with Gasteiger partial charge in [-0.1, -0.05) is 41.9 Å². The maximum absolute atomic E-state index is 12.6. The summed E-state index contributed by atoms with van der Waals surface area (Å²) in [5, 5.41) is 7.58. The van der Waals surface area contributed by atoms with Gasteiger partial charge < -0.3 is 5.32 Å². The summed E-state index contributed by atoms with van der Waals surface area (Å²) >= 11 is 3.46. The molecule has 1 aromatic carbocycles. The normalized spacial score (nSPS) is 15.5. The zero-order valence-electron chi connectivity index (χ0n) is 14.3. The Morgan fingerprint density at radius 1 is 1.38 bits per heavy atom. The molecule has 127 valence electrons. The van der Waals surface area contributed by atoms with Crippen LogP contribution in [0.1, 0.15) is 56.7 Å². The number of hydrogen-bond donors (Lipinski definition) is 1. The fourth-order valence-corrected chi connectivity index (χ4v) is 3.20. The van der Waals surface area contributed by atoms with Gasteiger partial charge in [0.1, 0.15) is 0 Å². The third kappa shape index (κ3) is 4.07. The number of hydrogen-bond acceptors (Lipinski definition) is 2. The maximum atomic E-state index is 12.6. The molecular weight excluding hydrogens is 366 g/mol. The van der Waals surface area contributed by atoms with E-state index in [1.807, 2.05) is 41.9 Å². The van der Waals surface area contributed by atoms with Gasteiger partial charge in [-0.05, 0) is 43.4 Å². The Morgan fingerprint density at radius 3 is 2.75 bits per heavy atom. The maximum Gasteiger partial charge on any atom is 0.232 e. The molecular formula is C19H23BrN3O. The highest BCUT2D eigenvalue weighted by atomic mass is 79.9.